The van der Waals surface area contributed by atoms with E-state index in [0.29, 0.717) is 0 Å². The summed E-state index contributed by atoms with van der Waals surface area (Å²) in [5.74, 6) is 0. The number of thioether (sulfide) groups is 1. The van der Waals surface area contributed by atoms with Crippen molar-refractivity contribution in [2.45, 2.75) is 22.3 Å². The Labute approximate surface area is 108 Å². The second kappa shape index (κ2) is 4.97. The maximum atomic E-state index is 4.01. The van der Waals surface area contributed by atoms with E-state index in [9.17, 15) is 0 Å². The number of rotatable bonds is 4. The molecule has 0 saturated carbocycles. The molecule has 0 aromatic carbocycles. The number of hydrogen-bond donors (Lipinski definition) is 0. The van der Waals surface area contributed by atoms with Gasteiger partial charge in [-0.1, -0.05) is 60.8 Å². The lowest BCUT2D eigenvalue weighted by Crippen LogP contribution is -2.30. The molecule has 0 N–H and O–H groups in total. The molecule has 2 rings (SSSR count). The zero-order chi connectivity index (χ0) is 12.2. The van der Waals surface area contributed by atoms with Gasteiger partial charge in [-0.05, 0) is 12.8 Å². The summed E-state index contributed by atoms with van der Waals surface area (Å²) in [6.07, 6.45) is 23.4. The van der Waals surface area contributed by atoms with Crippen LogP contribution >= 0.6 is 11.8 Å². The summed E-state index contributed by atoms with van der Waals surface area (Å²) in [6.45, 7) is 8.01. The van der Waals surface area contributed by atoms with Crippen LogP contribution in [-0.2, 0) is 0 Å². The van der Waals surface area contributed by atoms with Gasteiger partial charge in [0.2, 0.25) is 0 Å². The van der Waals surface area contributed by atoms with Crippen molar-refractivity contribution in [3.8, 4) is 0 Å². The molecule has 2 aliphatic carbocycles. The Bertz CT molecular complexity index is 385. The fraction of sp³-hybridized carbons (Fsp3) is 0.250. The summed E-state index contributed by atoms with van der Waals surface area (Å²) in [6, 6.07) is 0. The van der Waals surface area contributed by atoms with Gasteiger partial charge in [-0.2, -0.15) is 0 Å². The van der Waals surface area contributed by atoms with Crippen molar-refractivity contribution in [3.05, 3.63) is 73.9 Å². The molecule has 0 spiro atoms. The van der Waals surface area contributed by atoms with Crippen LogP contribution in [0.3, 0.4) is 0 Å². The first-order valence-electron chi connectivity index (χ1n) is 5.90. The van der Waals surface area contributed by atoms with Gasteiger partial charge < -0.3 is 0 Å². The van der Waals surface area contributed by atoms with Crippen LogP contribution in [0.4, 0.5) is 0 Å². The maximum absolute atomic E-state index is 4.01. The van der Waals surface area contributed by atoms with Crippen molar-refractivity contribution in [1.29, 1.82) is 0 Å². The van der Waals surface area contributed by atoms with E-state index in [1.54, 1.807) is 0 Å². The van der Waals surface area contributed by atoms with Crippen molar-refractivity contribution >= 4 is 11.8 Å². The highest BCUT2D eigenvalue weighted by Crippen LogP contribution is 2.46. The van der Waals surface area contributed by atoms with Crippen LogP contribution in [0, 0.1) is 0 Å². The fourth-order valence-corrected chi connectivity index (χ4v) is 3.65. The normalized spacial score (nSPS) is 34.8. The van der Waals surface area contributed by atoms with Crippen LogP contribution in [0.5, 0.6) is 0 Å². The highest BCUT2D eigenvalue weighted by atomic mass is 32.2. The van der Waals surface area contributed by atoms with E-state index in [1.165, 1.54) is 0 Å². The molecular formula is C16H18S. The van der Waals surface area contributed by atoms with Gasteiger partial charge in [0, 0.05) is 0 Å². The third-order valence-electron chi connectivity index (χ3n) is 3.20. The Morgan fingerprint density at radius 2 is 1.29 bits per heavy atom. The molecule has 0 radical (unpaired) electrons. The van der Waals surface area contributed by atoms with Gasteiger partial charge in [-0.3, -0.25) is 0 Å². The monoisotopic (exact) mass is 242 g/mol. The molecule has 1 heteroatoms. The summed E-state index contributed by atoms with van der Waals surface area (Å²) in [4.78, 5) is 0. The van der Waals surface area contributed by atoms with Gasteiger partial charge in [0.05, 0.1) is 9.49 Å². The summed E-state index contributed by atoms with van der Waals surface area (Å²) in [5.41, 5.74) is 0. The lowest BCUT2D eigenvalue weighted by molar-refractivity contribution is 0.826. The van der Waals surface area contributed by atoms with E-state index in [1.807, 2.05) is 11.8 Å². The SMILES string of the molecule is C=CC1(SC2(C=C)C=CC=CC2)C=CC=CC1. The Hall–Kier alpha value is -1.21. The molecule has 17 heavy (non-hydrogen) atoms. The maximum Gasteiger partial charge on any atom is 0.0565 e. The zero-order valence-electron chi connectivity index (χ0n) is 10.0. The number of hydrogen-bond acceptors (Lipinski definition) is 1. The van der Waals surface area contributed by atoms with E-state index in [2.05, 4.69) is 73.9 Å². The Balaban J connectivity index is 2.23. The van der Waals surface area contributed by atoms with Gasteiger partial charge >= 0.3 is 0 Å². The second-order valence-electron chi connectivity index (χ2n) is 4.40. The molecule has 0 aromatic heterocycles. The van der Waals surface area contributed by atoms with Gasteiger partial charge in [0.15, 0.2) is 0 Å². The first-order chi connectivity index (χ1) is 8.24. The van der Waals surface area contributed by atoms with Gasteiger partial charge in [0.1, 0.15) is 0 Å². The van der Waals surface area contributed by atoms with Crippen LogP contribution < -0.4 is 0 Å². The first kappa shape index (κ1) is 12.3. The van der Waals surface area contributed by atoms with Crippen molar-refractivity contribution in [2.75, 3.05) is 0 Å². The van der Waals surface area contributed by atoms with E-state index in [0.717, 1.165) is 12.8 Å². The number of allylic oxidation sites excluding steroid dienone is 6. The van der Waals surface area contributed by atoms with Crippen LogP contribution in [0.1, 0.15) is 12.8 Å². The molecule has 0 aliphatic heterocycles. The Morgan fingerprint density at radius 1 is 0.824 bits per heavy atom. The Morgan fingerprint density at radius 3 is 1.59 bits per heavy atom. The Kier molecular flexibility index (Phi) is 3.58. The minimum atomic E-state index is -0.00153. The molecule has 0 fully saturated rings. The van der Waals surface area contributed by atoms with Gasteiger partial charge in [-0.15, -0.1) is 24.9 Å². The predicted octanol–water partition coefficient (Wildman–Crippen LogP) is 4.60. The topological polar surface area (TPSA) is 0 Å². The molecular weight excluding hydrogens is 224 g/mol. The van der Waals surface area contributed by atoms with Gasteiger partial charge in [0.25, 0.3) is 0 Å². The predicted molar refractivity (Wildman–Crippen MR) is 79.2 cm³/mol. The van der Waals surface area contributed by atoms with E-state index >= 15 is 0 Å². The van der Waals surface area contributed by atoms with Crippen LogP contribution in [-0.4, -0.2) is 9.49 Å². The molecule has 0 heterocycles. The summed E-state index contributed by atoms with van der Waals surface area (Å²) >= 11 is 1.92. The molecule has 0 amide bonds. The van der Waals surface area contributed by atoms with Crippen molar-refractivity contribution in [3.63, 3.8) is 0 Å². The highest BCUT2D eigenvalue weighted by molar-refractivity contribution is 8.02. The highest BCUT2D eigenvalue weighted by Gasteiger charge is 2.35. The quantitative estimate of drug-likeness (QED) is 0.649. The van der Waals surface area contributed by atoms with E-state index in [4.69, 9.17) is 0 Å². The molecule has 0 bridgehead atoms. The third-order valence-corrected chi connectivity index (χ3v) is 4.89. The van der Waals surface area contributed by atoms with Crippen LogP contribution in [0.2, 0.25) is 0 Å². The van der Waals surface area contributed by atoms with E-state index in [-0.39, 0.29) is 9.49 Å². The molecule has 0 saturated heterocycles. The zero-order valence-corrected chi connectivity index (χ0v) is 10.8. The van der Waals surface area contributed by atoms with Crippen molar-refractivity contribution in [2.24, 2.45) is 0 Å². The summed E-state index contributed by atoms with van der Waals surface area (Å²) in [7, 11) is 0. The molecule has 0 nitrogen and oxygen atoms in total. The van der Waals surface area contributed by atoms with E-state index < -0.39 is 0 Å². The fourth-order valence-electron chi connectivity index (χ4n) is 2.13. The second-order valence-corrected chi connectivity index (χ2v) is 6.13. The molecule has 88 valence electrons. The molecule has 2 aliphatic rings. The smallest absolute Gasteiger partial charge is 0.0565 e. The van der Waals surface area contributed by atoms with Gasteiger partial charge in [-0.25, -0.2) is 0 Å². The van der Waals surface area contributed by atoms with Crippen LogP contribution in [0.25, 0.3) is 0 Å². The third kappa shape index (κ3) is 2.55. The minimum Gasteiger partial charge on any atom is -0.131 e. The molecule has 2 unspecified atom stereocenters. The average molecular weight is 242 g/mol. The van der Waals surface area contributed by atoms with Crippen LogP contribution in [0.15, 0.2) is 73.9 Å². The molecule has 2 atom stereocenters. The van der Waals surface area contributed by atoms with Crippen molar-refractivity contribution in [1.82, 2.24) is 0 Å². The largest absolute Gasteiger partial charge is 0.131 e. The summed E-state index contributed by atoms with van der Waals surface area (Å²) in [5, 5.41) is 0. The minimum absolute atomic E-state index is 0.00153. The first-order valence-corrected chi connectivity index (χ1v) is 6.72. The average Bonchev–Trinajstić information content (AvgIpc) is 2.41. The van der Waals surface area contributed by atoms with Crippen molar-refractivity contribution < 1.29 is 0 Å². The standard InChI is InChI=1S/C16H18S/c1-3-15(11-7-5-8-12-15)17-16(4-2)13-9-6-10-14-16/h3-11,13H,1-2,12,14H2. The lowest BCUT2D eigenvalue weighted by Gasteiger charge is -2.37. The molecule has 0 aromatic rings. The lowest BCUT2D eigenvalue weighted by atomic mass is 9.99. The summed E-state index contributed by atoms with van der Waals surface area (Å²) < 4.78 is -0.00306.